The van der Waals surface area contributed by atoms with Crippen molar-refractivity contribution in [3.8, 4) is 0 Å². The number of anilines is 1. The first-order valence-electron chi connectivity index (χ1n) is 6.84. The van der Waals surface area contributed by atoms with E-state index in [1.807, 2.05) is 24.9 Å². The molecule has 0 aliphatic heterocycles. The fourth-order valence-electron chi connectivity index (χ4n) is 2.30. The van der Waals surface area contributed by atoms with Crippen molar-refractivity contribution < 1.29 is 14.3 Å². The largest absolute Gasteiger partial charge is 0.480 e. The lowest BCUT2D eigenvalue weighted by Gasteiger charge is -2.29. The Morgan fingerprint density at radius 1 is 1.50 bits per heavy atom. The fraction of sp³-hybridized carbons (Fsp3) is 0.533. The number of rotatable bonds is 8. The zero-order chi connectivity index (χ0) is 15.2. The van der Waals surface area contributed by atoms with Gasteiger partial charge < -0.3 is 15.3 Å². The molecule has 1 unspecified atom stereocenters. The molecule has 0 saturated carbocycles. The van der Waals surface area contributed by atoms with Gasteiger partial charge in [0.2, 0.25) is 0 Å². The van der Waals surface area contributed by atoms with Gasteiger partial charge in [-0.05, 0) is 44.5 Å². The van der Waals surface area contributed by atoms with Crippen molar-refractivity contribution in [1.82, 2.24) is 5.32 Å². The molecule has 0 spiro atoms. The van der Waals surface area contributed by atoms with Crippen molar-refractivity contribution in [2.45, 2.75) is 31.7 Å². The number of aliphatic carboxylic acids is 1. The molecule has 4 nitrogen and oxygen atoms in total. The van der Waals surface area contributed by atoms with E-state index in [0.29, 0.717) is 25.8 Å². The maximum Gasteiger partial charge on any atom is 0.323 e. The highest BCUT2D eigenvalue weighted by atomic mass is 19.1. The summed E-state index contributed by atoms with van der Waals surface area (Å²) >= 11 is 0. The average Bonchev–Trinajstić information content (AvgIpc) is 2.43. The summed E-state index contributed by atoms with van der Waals surface area (Å²) in [6.07, 6.45) is 1.78. The van der Waals surface area contributed by atoms with Crippen molar-refractivity contribution in [3.05, 3.63) is 30.1 Å². The Bertz CT molecular complexity index is 447. The minimum absolute atomic E-state index is 0.266. The van der Waals surface area contributed by atoms with Crippen LogP contribution in [0, 0.1) is 5.82 Å². The maximum absolute atomic E-state index is 13.1. The molecule has 0 saturated heterocycles. The van der Waals surface area contributed by atoms with Crippen LogP contribution in [-0.2, 0) is 4.79 Å². The van der Waals surface area contributed by atoms with Gasteiger partial charge in [0.25, 0.3) is 0 Å². The molecule has 0 fully saturated rings. The van der Waals surface area contributed by atoms with Gasteiger partial charge in [-0.25, -0.2) is 4.39 Å². The molecule has 1 aromatic carbocycles. The second-order valence-corrected chi connectivity index (χ2v) is 5.00. The molecule has 2 N–H and O–H groups in total. The molecule has 1 rings (SSSR count). The molecular weight excluding hydrogens is 259 g/mol. The number of nitrogens with one attached hydrogen (secondary N) is 1. The summed E-state index contributed by atoms with van der Waals surface area (Å²) < 4.78 is 13.1. The van der Waals surface area contributed by atoms with E-state index in [-0.39, 0.29) is 5.82 Å². The predicted octanol–water partition coefficient (Wildman–Crippen LogP) is 2.49. The van der Waals surface area contributed by atoms with Crippen LogP contribution in [0.25, 0.3) is 0 Å². The molecule has 1 atom stereocenters. The summed E-state index contributed by atoms with van der Waals surface area (Å²) in [5.41, 5.74) is -0.0742. The highest BCUT2D eigenvalue weighted by molar-refractivity contribution is 5.78. The first kappa shape index (κ1) is 16.4. The van der Waals surface area contributed by atoms with Gasteiger partial charge in [0.15, 0.2) is 0 Å². The number of hydrogen-bond acceptors (Lipinski definition) is 3. The lowest BCUT2D eigenvalue weighted by atomic mass is 9.90. The van der Waals surface area contributed by atoms with E-state index in [2.05, 4.69) is 5.32 Å². The normalized spacial score (nSPS) is 13.8. The van der Waals surface area contributed by atoms with Crippen molar-refractivity contribution >= 4 is 11.7 Å². The molecular formula is C15H23FN2O2. The van der Waals surface area contributed by atoms with Crippen LogP contribution in [0.1, 0.15) is 26.2 Å². The summed E-state index contributed by atoms with van der Waals surface area (Å²) in [6, 6.07) is 6.39. The van der Waals surface area contributed by atoms with Gasteiger partial charge in [0.1, 0.15) is 11.4 Å². The number of carboxylic acid groups (broad SMARTS) is 1. The Labute approximate surface area is 119 Å². The van der Waals surface area contributed by atoms with Gasteiger partial charge in [0.05, 0.1) is 0 Å². The van der Waals surface area contributed by atoms with Gasteiger partial charge in [-0.2, -0.15) is 0 Å². The van der Waals surface area contributed by atoms with Gasteiger partial charge in [-0.1, -0.05) is 13.0 Å². The summed E-state index contributed by atoms with van der Waals surface area (Å²) in [7, 11) is 3.55. The van der Waals surface area contributed by atoms with Crippen LogP contribution in [0.3, 0.4) is 0 Å². The number of carbonyl (C=O) groups is 1. The van der Waals surface area contributed by atoms with Crippen molar-refractivity contribution in [2.24, 2.45) is 0 Å². The molecule has 1 aromatic rings. The minimum atomic E-state index is -0.872. The number of carboxylic acids is 1. The molecule has 112 valence electrons. The molecule has 0 radical (unpaired) electrons. The van der Waals surface area contributed by atoms with E-state index in [9.17, 15) is 14.3 Å². The predicted molar refractivity (Wildman–Crippen MR) is 78.6 cm³/mol. The Hall–Kier alpha value is -1.62. The third-order valence-electron chi connectivity index (χ3n) is 3.84. The third-order valence-corrected chi connectivity index (χ3v) is 3.84. The van der Waals surface area contributed by atoms with Crippen molar-refractivity contribution in [2.75, 3.05) is 25.5 Å². The highest BCUT2D eigenvalue weighted by Gasteiger charge is 2.34. The van der Waals surface area contributed by atoms with Crippen molar-refractivity contribution in [1.29, 1.82) is 0 Å². The topological polar surface area (TPSA) is 52.6 Å². The van der Waals surface area contributed by atoms with Crippen LogP contribution >= 0.6 is 0 Å². The van der Waals surface area contributed by atoms with Crippen LogP contribution in [0.5, 0.6) is 0 Å². The minimum Gasteiger partial charge on any atom is -0.480 e. The van der Waals surface area contributed by atoms with Crippen LogP contribution < -0.4 is 10.2 Å². The second kappa shape index (κ2) is 7.24. The zero-order valence-electron chi connectivity index (χ0n) is 12.3. The van der Waals surface area contributed by atoms with E-state index < -0.39 is 11.5 Å². The lowest BCUT2D eigenvalue weighted by molar-refractivity contribution is -0.145. The fourth-order valence-corrected chi connectivity index (χ4v) is 2.30. The Kier molecular flexibility index (Phi) is 5.95. The molecule has 5 heteroatoms. The SMILES string of the molecule is CCC(CCCN(C)c1cccc(F)c1)(NC)C(=O)O. The average molecular weight is 282 g/mol. The van der Waals surface area contributed by atoms with E-state index >= 15 is 0 Å². The van der Waals surface area contributed by atoms with Gasteiger partial charge in [-0.3, -0.25) is 4.79 Å². The first-order chi connectivity index (χ1) is 9.45. The Morgan fingerprint density at radius 3 is 2.70 bits per heavy atom. The summed E-state index contributed by atoms with van der Waals surface area (Å²) in [6.45, 7) is 2.54. The van der Waals surface area contributed by atoms with Crippen LogP contribution in [0.4, 0.5) is 10.1 Å². The molecule has 20 heavy (non-hydrogen) atoms. The molecule has 0 heterocycles. The second-order valence-electron chi connectivity index (χ2n) is 5.00. The molecule has 0 aliphatic rings. The zero-order valence-corrected chi connectivity index (χ0v) is 12.3. The van der Waals surface area contributed by atoms with Gasteiger partial charge in [-0.15, -0.1) is 0 Å². The monoisotopic (exact) mass is 282 g/mol. The van der Waals surface area contributed by atoms with Gasteiger partial charge in [0, 0.05) is 19.3 Å². The number of likely N-dealkylation sites (N-methyl/N-ethyl adjacent to an activating group) is 1. The van der Waals surface area contributed by atoms with Crippen LogP contribution in [0.15, 0.2) is 24.3 Å². The summed E-state index contributed by atoms with van der Waals surface area (Å²) in [4.78, 5) is 13.3. The number of halogens is 1. The Morgan fingerprint density at radius 2 is 2.20 bits per heavy atom. The van der Waals surface area contributed by atoms with Crippen LogP contribution in [-0.4, -0.2) is 37.3 Å². The molecule has 0 bridgehead atoms. The van der Waals surface area contributed by atoms with Gasteiger partial charge >= 0.3 is 5.97 Å². The standard InChI is InChI=1S/C15H23FN2O2/c1-4-15(17-2,14(19)20)9-6-10-18(3)13-8-5-7-12(16)11-13/h5,7-8,11,17H,4,6,9-10H2,1-3H3,(H,19,20). The number of benzene rings is 1. The van der Waals surface area contributed by atoms with E-state index in [1.54, 1.807) is 13.1 Å². The molecule has 0 aliphatic carbocycles. The Balaban J connectivity index is 2.57. The third kappa shape index (κ3) is 3.93. The maximum atomic E-state index is 13.1. The quantitative estimate of drug-likeness (QED) is 0.769. The molecule has 0 aromatic heterocycles. The van der Waals surface area contributed by atoms with E-state index in [4.69, 9.17) is 0 Å². The number of nitrogens with zero attached hydrogens (tertiary/aromatic N) is 1. The van der Waals surface area contributed by atoms with E-state index in [1.165, 1.54) is 12.1 Å². The van der Waals surface area contributed by atoms with Crippen molar-refractivity contribution in [3.63, 3.8) is 0 Å². The summed E-state index contributed by atoms with van der Waals surface area (Å²) in [5.74, 6) is -1.09. The lowest BCUT2D eigenvalue weighted by Crippen LogP contribution is -2.50. The smallest absolute Gasteiger partial charge is 0.323 e. The first-order valence-corrected chi connectivity index (χ1v) is 6.84. The van der Waals surface area contributed by atoms with E-state index in [0.717, 1.165) is 5.69 Å². The summed E-state index contributed by atoms with van der Waals surface area (Å²) in [5, 5.41) is 12.2. The molecule has 0 amide bonds. The van der Waals surface area contributed by atoms with Crippen LogP contribution in [0.2, 0.25) is 0 Å². The number of hydrogen-bond donors (Lipinski definition) is 2. The highest BCUT2D eigenvalue weighted by Crippen LogP contribution is 2.19.